The summed E-state index contributed by atoms with van der Waals surface area (Å²) in [6.45, 7) is 4.83. The Morgan fingerprint density at radius 2 is 1.76 bits per heavy atom. The first kappa shape index (κ1) is 22.6. The number of halogens is 1. The molecule has 33 heavy (non-hydrogen) atoms. The summed E-state index contributed by atoms with van der Waals surface area (Å²) in [5, 5.41) is 9.33. The summed E-state index contributed by atoms with van der Waals surface area (Å²) >= 11 is 6.01. The van der Waals surface area contributed by atoms with Crippen LogP contribution in [0, 0.1) is 6.92 Å². The van der Waals surface area contributed by atoms with Crippen molar-refractivity contribution in [2.24, 2.45) is 0 Å². The number of nitrogens with zero attached hydrogens (tertiary/aromatic N) is 3. The third-order valence-electron chi connectivity index (χ3n) is 4.96. The van der Waals surface area contributed by atoms with Gasteiger partial charge in [0.05, 0.1) is 26.0 Å². The zero-order chi connectivity index (χ0) is 23.2. The molecule has 1 fully saturated rings. The number of aromatic nitrogens is 2. The van der Waals surface area contributed by atoms with Crippen molar-refractivity contribution in [3.63, 3.8) is 0 Å². The van der Waals surface area contributed by atoms with Crippen molar-refractivity contribution in [1.82, 2.24) is 9.97 Å². The average molecular weight is 469 g/mol. The standard InChI is InChI=1S/C23H25ClN6O3/c1-15-13-21(29-22(25-15)30-9-11-33-12-10-30)26-17-4-6-18(7-5-17)27-23(31)28-19-14-16(24)3-8-20(19)32-2/h3-8,13-14H,9-12H2,1-2H3,(H,25,26,29)(H2,27,28,31). The van der Waals surface area contributed by atoms with Crippen molar-refractivity contribution in [3.05, 3.63) is 59.2 Å². The Hall–Kier alpha value is -3.56. The molecule has 1 aromatic heterocycles. The first-order chi connectivity index (χ1) is 16.0. The van der Waals surface area contributed by atoms with E-state index in [1.807, 2.05) is 25.1 Å². The van der Waals surface area contributed by atoms with Gasteiger partial charge < -0.3 is 30.3 Å². The summed E-state index contributed by atoms with van der Waals surface area (Å²) in [5.74, 6) is 1.91. The summed E-state index contributed by atoms with van der Waals surface area (Å²) < 4.78 is 10.7. The van der Waals surface area contributed by atoms with Gasteiger partial charge in [-0.2, -0.15) is 4.98 Å². The lowest BCUT2D eigenvalue weighted by Gasteiger charge is -2.27. The predicted octanol–water partition coefficient (Wildman–Crippen LogP) is 4.67. The van der Waals surface area contributed by atoms with Gasteiger partial charge in [-0.1, -0.05) is 11.6 Å². The van der Waals surface area contributed by atoms with Crippen LogP contribution in [0.3, 0.4) is 0 Å². The molecule has 1 aliphatic rings. The van der Waals surface area contributed by atoms with Gasteiger partial charge in [0.1, 0.15) is 11.6 Å². The lowest BCUT2D eigenvalue weighted by Crippen LogP contribution is -2.37. The van der Waals surface area contributed by atoms with Crippen LogP contribution in [0.4, 0.5) is 33.6 Å². The van der Waals surface area contributed by atoms with Gasteiger partial charge in [-0.15, -0.1) is 0 Å². The molecule has 0 saturated carbocycles. The Morgan fingerprint density at radius 3 is 2.48 bits per heavy atom. The third kappa shape index (κ3) is 6.03. The molecule has 0 bridgehead atoms. The second-order valence-electron chi connectivity index (χ2n) is 7.42. The highest BCUT2D eigenvalue weighted by atomic mass is 35.5. The molecule has 10 heteroatoms. The van der Waals surface area contributed by atoms with Crippen molar-refractivity contribution in [2.75, 3.05) is 54.3 Å². The molecule has 0 unspecified atom stereocenters. The van der Waals surface area contributed by atoms with E-state index in [0.29, 0.717) is 47.1 Å². The van der Waals surface area contributed by atoms with E-state index < -0.39 is 6.03 Å². The summed E-state index contributed by atoms with van der Waals surface area (Å²) in [5.41, 5.74) is 2.83. The van der Waals surface area contributed by atoms with Gasteiger partial charge in [0, 0.05) is 41.2 Å². The number of methoxy groups -OCH3 is 1. The molecule has 4 rings (SSSR count). The first-order valence-electron chi connectivity index (χ1n) is 10.5. The van der Waals surface area contributed by atoms with Crippen LogP contribution in [-0.4, -0.2) is 49.4 Å². The molecular formula is C23H25ClN6O3. The molecule has 2 amide bonds. The quantitative estimate of drug-likeness (QED) is 0.483. The fourth-order valence-electron chi connectivity index (χ4n) is 3.37. The number of benzene rings is 2. The Bertz CT molecular complexity index is 1120. The first-order valence-corrected chi connectivity index (χ1v) is 10.8. The molecule has 9 nitrogen and oxygen atoms in total. The number of nitrogens with one attached hydrogen (secondary N) is 3. The smallest absolute Gasteiger partial charge is 0.323 e. The number of hydrogen-bond acceptors (Lipinski definition) is 7. The molecule has 0 spiro atoms. The Labute approximate surface area is 197 Å². The molecule has 3 N–H and O–H groups in total. The highest BCUT2D eigenvalue weighted by molar-refractivity contribution is 6.31. The summed E-state index contributed by atoms with van der Waals surface area (Å²) in [7, 11) is 1.53. The number of ether oxygens (including phenoxy) is 2. The molecule has 172 valence electrons. The zero-order valence-corrected chi connectivity index (χ0v) is 19.1. The van der Waals surface area contributed by atoms with E-state index in [0.717, 1.165) is 24.5 Å². The molecular weight excluding hydrogens is 444 g/mol. The largest absolute Gasteiger partial charge is 0.495 e. The SMILES string of the molecule is COc1ccc(Cl)cc1NC(=O)Nc1ccc(Nc2cc(C)nc(N3CCOCC3)n2)cc1. The zero-order valence-electron chi connectivity index (χ0n) is 18.4. The second kappa shape index (κ2) is 10.4. The van der Waals surface area contributed by atoms with E-state index >= 15 is 0 Å². The van der Waals surface area contributed by atoms with E-state index in [4.69, 9.17) is 21.1 Å². The molecule has 3 aromatic rings. The van der Waals surface area contributed by atoms with Crippen LogP contribution in [0.25, 0.3) is 0 Å². The van der Waals surface area contributed by atoms with E-state index in [1.54, 1.807) is 30.3 Å². The van der Waals surface area contributed by atoms with Gasteiger partial charge in [-0.25, -0.2) is 9.78 Å². The van der Waals surface area contributed by atoms with Gasteiger partial charge >= 0.3 is 6.03 Å². The monoisotopic (exact) mass is 468 g/mol. The van der Waals surface area contributed by atoms with Crippen molar-refractivity contribution in [1.29, 1.82) is 0 Å². The van der Waals surface area contributed by atoms with Gasteiger partial charge in [0.2, 0.25) is 5.95 Å². The molecule has 2 heterocycles. The van der Waals surface area contributed by atoms with Gasteiger partial charge in [0.15, 0.2) is 0 Å². The van der Waals surface area contributed by atoms with E-state index in [9.17, 15) is 4.79 Å². The minimum absolute atomic E-state index is 0.405. The van der Waals surface area contributed by atoms with E-state index in [1.165, 1.54) is 7.11 Å². The number of carbonyl (C=O) groups excluding carboxylic acids is 1. The predicted molar refractivity (Wildman–Crippen MR) is 130 cm³/mol. The van der Waals surface area contributed by atoms with E-state index in [-0.39, 0.29) is 0 Å². The molecule has 1 aliphatic heterocycles. The minimum atomic E-state index is -0.405. The summed E-state index contributed by atoms with van der Waals surface area (Å²) in [6, 6.07) is 13.8. The minimum Gasteiger partial charge on any atom is -0.495 e. The summed E-state index contributed by atoms with van der Waals surface area (Å²) in [4.78, 5) is 23.7. The van der Waals surface area contributed by atoms with Crippen LogP contribution < -0.4 is 25.6 Å². The van der Waals surface area contributed by atoms with Gasteiger partial charge in [0.25, 0.3) is 0 Å². The molecule has 0 atom stereocenters. The topological polar surface area (TPSA) is 101 Å². The van der Waals surface area contributed by atoms with Gasteiger partial charge in [-0.3, -0.25) is 0 Å². The summed E-state index contributed by atoms with van der Waals surface area (Å²) in [6.07, 6.45) is 0. The lowest BCUT2D eigenvalue weighted by molar-refractivity contribution is 0.122. The van der Waals surface area contributed by atoms with Gasteiger partial charge in [-0.05, 0) is 49.4 Å². The maximum Gasteiger partial charge on any atom is 0.323 e. The number of aryl methyl sites for hydroxylation is 1. The number of urea groups is 1. The van der Waals surface area contributed by atoms with Crippen LogP contribution in [0.5, 0.6) is 5.75 Å². The van der Waals surface area contributed by atoms with Crippen LogP contribution in [0.2, 0.25) is 5.02 Å². The number of hydrogen-bond donors (Lipinski definition) is 3. The van der Waals surface area contributed by atoms with E-state index in [2.05, 4.69) is 30.8 Å². The van der Waals surface area contributed by atoms with Crippen LogP contribution in [0.1, 0.15) is 5.69 Å². The molecule has 0 aliphatic carbocycles. The fourth-order valence-corrected chi connectivity index (χ4v) is 3.54. The Kier molecular flexibility index (Phi) is 7.11. The maximum atomic E-state index is 12.4. The van der Waals surface area contributed by atoms with Crippen LogP contribution >= 0.6 is 11.6 Å². The number of morpholine rings is 1. The fraction of sp³-hybridized carbons (Fsp3) is 0.261. The highest BCUT2D eigenvalue weighted by Crippen LogP contribution is 2.28. The Balaban J connectivity index is 1.39. The number of amides is 2. The number of carbonyl (C=O) groups is 1. The Morgan fingerprint density at radius 1 is 1.03 bits per heavy atom. The second-order valence-corrected chi connectivity index (χ2v) is 7.86. The van der Waals surface area contributed by atoms with Crippen molar-refractivity contribution in [3.8, 4) is 5.75 Å². The van der Waals surface area contributed by atoms with Crippen molar-refractivity contribution < 1.29 is 14.3 Å². The molecule has 2 aromatic carbocycles. The van der Waals surface area contributed by atoms with Crippen molar-refractivity contribution >= 4 is 46.5 Å². The lowest BCUT2D eigenvalue weighted by atomic mass is 10.2. The van der Waals surface area contributed by atoms with Crippen molar-refractivity contribution in [2.45, 2.75) is 6.92 Å². The average Bonchev–Trinajstić information content (AvgIpc) is 2.81. The third-order valence-corrected chi connectivity index (χ3v) is 5.20. The van der Waals surface area contributed by atoms with Crippen LogP contribution in [-0.2, 0) is 4.74 Å². The number of rotatable bonds is 6. The van der Waals surface area contributed by atoms with Crippen LogP contribution in [0.15, 0.2) is 48.5 Å². The molecule has 0 radical (unpaired) electrons. The maximum absolute atomic E-state index is 12.4. The normalized spacial score (nSPS) is 13.4. The highest BCUT2D eigenvalue weighted by Gasteiger charge is 2.15. The molecule has 1 saturated heterocycles. The number of anilines is 5.